The smallest absolute Gasteiger partial charge is 0.325 e. The third-order valence-electron chi connectivity index (χ3n) is 2.35. The lowest BCUT2D eigenvalue weighted by Gasteiger charge is -2.04. The first-order chi connectivity index (χ1) is 11.1. The summed E-state index contributed by atoms with van der Waals surface area (Å²) in [6.45, 7) is 2.06. The van der Waals surface area contributed by atoms with Gasteiger partial charge in [-0.1, -0.05) is 23.1 Å². The quantitative estimate of drug-likeness (QED) is 0.469. The number of halogens is 1. The first-order valence-electron chi connectivity index (χ1n) is 6.52. The van der Waals surface area contributed by atoms with Crippen LogP contribution in [0.2, 0.25) is 0 Å². The zero-order valence-corrected chi connectivity index (χ0v) is 13.7. The maximum Gasteiger partial charge on any atom is 0.325 e. The van der Waals surface area contributed by atoms with Crippen LogP contribution in [-0.2, 0) is 9.53 Å². The van der Waals surface area contributed by atoms with Crippen molar-refractivity contribution in [2.75, 3.05) is 23.0 Å². The Morgan fingerprint density at radius 1 is 1.26 bits per heavy atom. The number of carbonyl (C=O) groups excluding carboxylic acids is 2. The fourth-order valence-electron chi connectivity index (χ4n) is 1.43. The standard InChI is InChI=1S/C13H13FN4O3S2/c1-2-21-10(19)7-22-13-18-17-12(23-13)16-11(20)15-9-5-3-8(14)4-6-9/h3-6H,2,7H2,1H3,(H2,15,16,17,20). The van der Waals surface area contributed by atoms with Gasteiger partial charge in [0.1, 0.15) is 5.82 Å². The Hall–Kier alpha value is -2.20. The van der Waals surface area contributed by atoms with Gasteiger partial charge in [0.15, 0.2) is 4.34 Å². The SMILES string of the molecule is CCOC(=O)CSc1nnc(NC(=O)Nc2ccc(F)cc2)s1. The minimum atomic E-state index is -0.519. The molecule has 0 aliphatic heterocycles. The molecule has 1 aromatic carbocycles. The van der Waals surface area contributed by atoms with E-state index in [9.17, 15) is 14.0 Å². The predicted octanol–water partition coefficient (Wildman–Crippen LogP) is 2.98. The number of thioether (sulfide) groups is 1. The number of anilines is 2. The van der Waals surface area contributed by atoms with Gasteiger partial charge in [0.25, 0.3) is 0 Å². The molecule has 0 aliphatic rings. The summed E-state index contributed by atoms with van der Waals surface area (Å²) in [4.78, 5) is 23.0. The van der Waals surface area contributed by atoms with Crippen LogP contribution in [0.4, 0.5) is 20.0 Å². The van der Waals surface area contributed by atoms with Gasteiger partial charge in [0, 0.05) is 5.69 Å². The Labute approximate surface area is 139 Å². The third-order valence-corrected chi connectivity index (χ3v) is 4.29. The largest absolute Gasteiger partial charge is 0.465 e. The number of hydrogen-bond donors (Lipinski definition) is 2. The molecule has 23 heavy (non-hydrogen) atoms. The van der Waals surface area contributed by atoms with Gasteiger partial charge in [0.05, 0.1) is 12.4 Å². The van der Waals surface area contributed by atoms with E-state index in [1.165, 1.54) is 36.0 Å². The summed E-state index contributed by atoms with van der Waals surface area (Å²) >= 11 is 2.31. The average Bonchev–Trinajstić information content (AvgIpc) is 2.95. The van der Waals surface area contributed by atoms with Crippen LogP contribution in [0.25, 0.3) is 0 Å². The number of aromatic nitrogens is 2. The van der Waals surface area contributed by atoms with Crippen LogP contribution in [0.5, 0.6) is 0 Å². The Morgan fingerprint density at radius 3 is 2.70 bits per heavy atom. The molecule has 1 aromatic heterocycles. The second kappa shape index (κ2) is 8.44. The lowest BCUT2D eigenvalue weighted by atomic mass is 10.3. The minimum absolute atomic E-state index is 0.129. The van der Waals surface area contributed by atoms with E-state index in [1.807, 2.05) is 0 Å². The first-order valence-corrected chi connectivity index (χ1v) is 8.32. The van der Waals surface area contributed by atoms with E-state index >= 15 is 0 Å². The average molecular weight is 356 g/mol. The number of ether oxygens (including phenoxy) is 1. The highest BCUT2D eigenvalue weighted by Gasteiger charge is 2.11. The van der Waals surface area contributed by atoms with E-state index in [2.05, 4.69) is 20.8 Å². The molecule has 2 rings (SSSR count). The maximum atomic E-state index is 12.8. The predicted molar refractivity (Wildman–Crippen MR) is 86.3 cm³/mol. The number of hydrogen-bond acceptors (Lipinski definition) is 7. The number of benzene rings is 1. The summed E-state index contributed by atoms with van der Waals surface area (Å²) in [7, 11) is 0. The molecule has 0 unspecified atom stereocenters. The number of esters is 1. The van der Waals surface area contributed by atoms with Crippen molar-refractivity contribution in [3.63, 3.8) is 0 Å². The molecule has 2 amide bonds. The summed E-state index contributed by atoms with van der Waals surface area (Å²) in [5, 5.41) is 13.0. The number of urea groups is 1. The van der Waals surface area contributed by atoms with E-state index in [0.29, 0.717) is 16.6 Å². The molecule has 122 valence electrons. The highest BCUT2D eigenvalue weighted by molar-refractivity contribution is 8.01. The van der Waals surface area contributed by atoms with Crippen LogP contribution in [-0.4, -0.2) is 34.6 Å². The Kier molecular flexibility index (Phi) is 6.29. The van der Waals surface area contributed by atoms with Crippen LogP contribution >= 0.6 is 23.1 Å². The Bertz CT molecular complexity index is 678. The molecule has 0 bridgehead atoms. The van der Waals surface area contributed by atoms with Gasteiger partial charge < -0.3 is 10.1 Å². The summed E-state index contributed by atoms with van der Waals surface area (Å²) in [5.74, 6) is -0.593. The molecule has 0 spiro atoms. The van der Waals surface area contributed by atoms with Gasteiger partial charge in [-0.15, -0.1) is 10.2 Å². The zero-order valence-electron chi connectivity index (χ0n) is 12.0. The van der Waals surface area contributed by atoms with Crippen molar-refractivity contribution in [3.05, 3.63) is 30.1 Å². The van der Waals surface area contributed by atoms with Crippen LogP contribution in [0.3, 0.4) is 0 Å². The number of nitrogens with zero attached hydrogens (tertiary/aromatic N) is 2. The molecule has 0 atom stereocenters. The molecular formula is C13H13FN4O3S2. The molecule has 7 nitrogen and oxygen atoms in total. The maximum absolute atomic E-state index is 12.8. The fraction of sp³-hybridized carbons (Fsp3) is 0.231. The molecular weight excluding hydrogens is 343 g/mol. The number of rotatable bonds is 6. The van der Waals surface area contributed by atoms with Gasteiger partial charge in [-0.05, 0) is 31.2 Å². The minimum Gasteiger partial charge on any atom is -0.465 e. The summed E-state index contributed by atoms with van der Waals surface area (Å²) < 4.78 is 18.1. The van der Waals surface area contributed by atoms with Gasteiger partial charge >= 0.3 is 12.0 Å². The third kappa shape index (κ3) is 5.83. The molecule has 10 heteroatoms. The lowest BCUT2D eigenvalue weighted by molar-refractivity contribution is -0.139. The summed E-state index contributed by atoms with van der Waals surface area (Å²) in [6, 6.07) is 4.84. The Morgan fingerprint density at radius 2 is 2.00 bits per heavy atom. The van der Waals surface area contributed by atoms with E-state index < -0.39 is 6.03 Å². The van der Waals surface area contributed by atoms with E-state index in [0.717, 1.165) is 11.3 Å². The second-order valence-corrected chi connectivity index (χ2v) is 6.25. The van der Waals surface area contributed by atoms with Crippen LogP contribution in [0.15, 0.2) is 28.6 Å². The van der Waals surface area contributed by atoms with Crippen molar-refractivity contribution in [3.8, 4) is 0 Å². The van der Waals surface area contributed by atoms with Gasteiger partial charge in [-0.3, -0.25) is 10.1 Å². The van der Waals surface area contributed by atoms with Gasteiger partial charge in [-0.25, -0.2) is 9.18 Å². The summed E-state index contributed by atoms with van der Waals surface area (Å²) in [6.07, 6.45) is 0. The number of carbonyl (C=O) groups is 2. The zero-order chi connectivity index (χ0) is 16.7. The van der Waals surface area contributed by atoms with E-state index in [-0.39, 0.29) is 22.7 Å². The lowest BCUT2D eigenvalue weighted by Crippen LogP contribution is -2.19. The van der Waals surface area contributed by atoms with Crippen molar-refractivity contribution in [1.82, 2.24) is 10.2 Å². The van der Waals surface area contributed by atoms with Crippen LogP contribution in [0, 0.1) is 5.82 Å². The highest BCUT2D eigenvalue weighted by Crippen LogP contribution is 2.25. The first kappa shape index (κ1) is 17.2. The van der Waals surface area contributed by atoms with E-state index in [1.54, 1.807) is 6.92 Å². The number of nitrogens with one attached hydrogen (secondary N) is 2. The molecule has 1 heterocycles. The molecule has 0 aliphatic carbocycles. The topological polar surface area (TPSA) is 93.2 Å². The van der Waals surface area contributed by atoms with Crippen molar-refractivity contribution in [2.24, 2.45) is 0 Å². The molecule has 0 radical (unpaired) electrons. The van der Waals surface area contributed by atoms with Gasteiger partial charge in [-0.2, -0.15) is 0 Å². The molecule has 0 saturated heterocycles. The summed E-state index contributed by atoms with van der Waals surface area (Å²) in [5.41, 5.74) is 0.449. The van der Waals surface area contributed by atoms with Crippen molar-refractivity contribution in [1.29, 1.82) is 0 Å². The van der Waals surface area contributed by atoms with Crippen LogP contribution < -0.4 is 10.6 Å². The molecule has 2 N–H and O–H groups in total. The fourth-order valence-corrected chi connectivity index (χ4v) is 2.98. The Balaban J connectivity index is 1.82. The molecule has 0 saturated carbocycles. The second-order valence-electron chi connectivity index (χ2n) is 4.05. The number of amides is 2. The molecule has 2 aromatic rings. The van der Waals surface area contributed by atoms with Gasteiger partial charge in [0.2, 0.25) is 5.13 Å². The molecule has 0 fully saturated rings. The van der Waals surface area contributed by atoms with Crippen LogP contribution in [0.1, 0.15) is 6.92 Å². The van der Waals surface area contributed by atoms with Crippen molar-refractivity contribution >= 4 is 45.9 Å². The highest BCUT2D eigenvalue weighted by atomic mass is 32.2. The van der Waals surface area contributed by atoms with Crippen molar-refractivity contribution < 1.29 is 18.7 Å². The van der Waals surface area contributed by atoms with Crippen molar-refractivity contribution in [2.45, 2.75) is 11.3 Å². The normalized spacial score (nSPS) is 10.2. The monoisotopic (exact) mass is 356 g/mol. The van der Waals surface area contributed by atoms with E-state index in [4.69, 9.17) is 4.74 Å².